The van der Waals surface area contributed by atoms with Crippen LogP contribution in [0.4, 0.5) is 0 Å². The zero-order valence-corrected chi connectivity index (χ0v) is 18.4. The van der Waals surface area contributed by atoms with Crippen LogP contribution in [0.1, 0.15) is 25.0 Å². The number of hydrogen-bond donors (Lipinski definition) is 7. The highest BCUT2D eigenvalue weighted by Gasteiger charge is 2.26. The minimum absolute atomic E-state index is 0.00852. The smallest absolute Gasteiger partial charge is 0.326 e. The van der Waals surface area contributed by atoms with E-state index in [1.54, 1.807) is 0 Å². The number of thioether (sulfide) groups is 1. The number of H-pyrrole nitrogens is 1. The van der Waals surface area contributed by atoms with Crippen LogP contribution in [0.15, 0.2) is 12.5 Å². The zero-order valence-electron chi connectivity index (χ0n) is 17.6. The number of amides is 4. The maximum Gasteiger partial charge on any atom is 0.326 e. The molecular weight excluding hydrogens is 442 g/mol. The van der Waals surface area contributed by atoms with Gasteiger partial charge < -0.3 is 37.5 Å². The molecular formula is C18H29N7O6S. The summed E-state index contributed by atoms with van der Waals surface area (Å²) in [7, 11) is 0. The molecule has 1 aromatic heterocycles. The number of nitrogens with two attached hydrogens (primary N) is 2. The van der Waals surface area contributed by atoms with E-state index in [1.165, 1.54) is 24.3 Å². The molecule has 13 nitrogen and oxygen atoms in total. The molecule has 0 aliphatic rings. The number of carboxylic acid groups (broad SMARTS) is 1. The van der Waals surface area contributed by atoms with Gasteiger partial charge in [-0.25, -0.2) is 9.78 Å². The summed E-state index contributed by atoms with van der Waals surface area (Å²) < 4.78 is 0. The van der Waals surface area contributed by atoms with Gasteiger partial charge in [0.15, 0.2) is 0 Å². The number of carboxylic acids is 1. The summed E-state index contributed by atoms with van der Waals surface area (Å²) in [5, 5.41) is 16.4. The molecule has 0 aliphatic carbocycles. The average molecular weight is 472 g/mol. The summed E-state index contributed by atoms with van der Waals surface area (Å²) in [4.78, 5) is 65.8. The van der Waals surface area contributed by atoms with Crippen LogP contribution in [0.3, 0.4) is 0 Å². The number of imidazole rings is 1. The molecule has 14 heteroatoms. The van der Waals surface area contributed by atoms with Gasteiger partial charge in [0.2, 0.25) is 23.6 Å². The first-order valence-electron chi connectivity index (χ1n) is 9.74. The molecule has 178 valence electrons. The van der Waals surface area contributed by atoms with Gasteiger partial charge in [0.1, 0.15) is 12.1 Å². The molecule has 4 amide bonds. The molecule has 1 rings (SSSR count). The second kappa shape index (κ2) is 14.0. The second-order valence-electron chi connectivity index (χ2n) is 6.91. The lowest BCUT2D eigenvalue weighted by Gasteiger charge is -2.20. The van der Waals surface area contributed by atoms with Crippen molar-refractivity contribution in [1.82, 2.24) is 25.9 Å². The van der Waals surface area contributed by atoms with Crippen LogP contribution in [-0.2, 0) is 30.4 Å². The molecule has 1 heterocycles. The van der Waals surface area contributed by atoms with Crippen LogP contribution >= 0.6 is 11.8 Å². The van der Waals surface area contributed by atoms with Crippen LogP contribution in [0, 0.1) is 0 Å². The van der Waals surface area contributed by atoms with Crippen LogP contribution in [0.25, 0.3) is 0 Å². The second-order valence-corrected chi connectivity index (χ2v) is 7.90. The van der Waals surface area contributed by atoms with Gasteiger partial charge in [-0.3, -0.25) is 19.2 Å². The molecule has 0 saturated heterocycles. The molecule has 0 saturated carbocycles. The van der Waals surface area contributed by atoms with E-state index >= 15 is 0 Å². The first-order valence-corrected chi connectivity index (χ1v) is 11.1. The molecule has 3 atom stereocenters. The van der Waals surface area contributed by atoms with E-state index < -0.39 is 54.3 Å². The highest BCUT2D eigenvalue weighted by molar-refractivity contribution is 7.98. The first kappa shape index (κ1) is 26.9. The van der Waals surface area contributed by atoms with Crippen molar-refractivity contribution in [3.8, 4) is 0 Å². The number of aromatic amines is 1. The normalized spacial score (nSPS) is 13.4. The Morgan fingerprint density at radius 1 is 1.16 bits per heavy atom. The van der Waals surface area contributed by atoms with E-state index in [-0.39, 0.29) is 25.7 Å². The number of primary amides is 1. The molecule has 0 aromatic carbocycles. The van der Waals surface area contributed by atoms with Crippen LogP contribution in [0.2, 0.25) is 0 Å². The summed E-state index contributed by atoms with van der Waals surface area (Å²) in [5.74, 6) is -3.27. The highest BCUT2D eigenvalue weighted by atomic mass is 32.2. The maximum absolute atomic E-state index is 12.6. The third-order valence-electron chi connectivity index (χ3n) is 4.32. The minimum atomic E-state index is -1.17. The fraction of sp³-hybridized carbons (Fsp3) is 0.556. The van der Waals surface area contributed by atoms with E-state index in [9.17, 15) is 29.1 Å². The lowest BCUT2D eigenvalue weighted by molar-refractivity contribution is -0.141. The van der Waals surface area contributed by atoms with Gasteiger partial charge in [0.25, 0.3) is 0 Å². The van der Waals surface area contributed by atoms with Crippen molar-refractivity contribution in [3.63, 3.8) is 0 Å². The summed E-state index contributed by atoms with van der Waals surface area (Å²) in [5.41, 5.74) is 11.3. The Morgan fingerprint density at radius 3 is 2.44 bits per heavy atom. The van der Waals surface area contributed by atoms with Crippen molar-refractivity contribution in [3.05, 3.63) is 18.2 Å². The molecule has 0 bridgehead atoms. The van der Waals surface area contributed by atoms with Gasteiger partial charge in [-0.2, -0.15) is 11.8 Å². The predicted octanol–water partition coefficient (Wildman–Crippen LogP) is -2.53. The summed E-state index contributed by atoms with van der Waals surface area (Å²) in [6.45, 7) is -0.481. The number of nitrogens with zero attached hydrogens (tertiary/aromatic N) is 1. The fourth-order valence-electron chi connectivity index (χ4n) is 2.56. The summed E-state index contributed by atoms with van der Waals surface area (Å²) in [6.07, 6.45) is 4.87. The Morgan fingerprint density at radius 2 is 1.88 bits per heavy atom. The SMILES string of the molecule is CSCCC(NC(=O)CNC(=O)C(Cc1cnc[nH]1)NC(=O)C(N)CCC(N)=O)C(=O)O. The van der Waals surface area contributed by atoms with Gasteiger partial charge in [-0.15, -0.1) is 0 Å². The Kier molecular flexibility index (Phi) is 11.8. The van der Waals surface area contributed by atoms with E-state index in [0.717, 1.165) is 0 Å². The van der Waals surface area contributed by atoms with E-state index in [4.69, 9.17) is 11.5 Å². The number of carbonyl (C=O) groups excluding carboxylic acids is 4. The molecule has 0 fully saturated rings. The Labute approximate surface area is 188 Å². The van der Waals surface area contributed by atoms with Crippen LogP contribution in [0.5, 0.6) is 0 Å². The molecule has 0 aliphatic heterocycles. The van der Waals surface area contributed by atoms with E-state index in [1.807, 2.05) is 6.26 Å². The van der Waals surface area contributed by atoms with Gasteiger partial charge in [-0.05, 0) is 24.9 Å². The number of nitrogens with one attached hydrogen (secondary N) is 4. The highest BCUT2D eigenvalue weighted by Crippen LogP contribution is 2.03. The standard InChI is InChI=1S/C18H29N7O6S/c1-32-5-4-12(18(30)31)24-15(27)8-22-17(29)13(6-10-7-21-9-23-10)25-16(28)11(19)2-3-14(20)26/h7,9,11-13H,2-6,8,19H2,1H3,(H2,20,26)(H,21,23)(H,22,29)(H,24,27)(H,25,28)(H,30,31). The summed E-state index contributed by atoms with van der Waals surface area (Å²) >= 11 is 1.44. The minimum Gasteiger partial charge on any atom is -0.480 e. The van der Waals surface area contributed by atoms with Crippen molar-refractivity contribution in [1.29, 1.82) is 0 Å². The maximum atomic E-state index is 12.6. The van der Waals surface area contributed by atoms with Crippen LogP contribution in [-0.4, -0.2) is 81.4 Å². The summed E-state index contributed by atoms with van der Waals surface area (Å²) in [6, 6.07) is -3.23. The van der Waals surface area contributed by atoms with Crippen molar-refractivity contribution in [2.45, 2.75) is 43.8 Å². The van der Waals surface area contributed by atoms with Gasteiger partial charge >= 0.3 is 5.97 Å². The van der Waals surface area contributed by atoms with E-state index in [2.05, 4.69) is 25.9 Å². The lowest BCUT2D eigenvalue weighted by Crippen LogP contribution is -2.54. The lowest BCUT2D eigenvalue weighted by atomic mass is 10.1. The number of hydrogen-bond acceptors (Lipinski definition) is 8. The monoisotopic (exact) mass is 471 g/mol. The van der Waals surface area contributed by atoms with Gasteiger partial charge in [-0.1, -0.05) is 0 Å². The predicted molar refractivity (Wildman–Crippen MR) is 116 cm³/mol. The topological polar surface area (TPSA) is 222 Å². The number of carbonyl (C=O) groups is 5. The number of rotatable bonds is 15. The Bertz CT molecular complexity index is 789. The van der Waals surface area contributed by atoms with Crippen LogP contribution < -0.4 is 27.4 Å². The van der Waals surface area contributed by atoms with Gasteiger partial charge in [0.05, 0.1) is 18.9 Å². The van der Waals surface area contributed by atoms with Gasteiger partial charge in [0, 0.05) is 24.7 Å². The van der Waals surface area contributed by atoms with E-state index in [0.29, 0.717) is 11.4 Å². The Hall–Kier alpha value is -3.13. The third kappa shape index (κ3) is 10.3. The van der Waals surface area contributed by atoms with Crippen molar-refractivity contribution < 1.29 is 29.1 Å². The Balaban J connectivity index is 2.70. The number of aliphatic carboxylic acids is 1. The molecule has 9 N–H and O–H groups in total. The van der Waals surface area contributed by atoms with Crippen molar-refractivity contribution in [2.75, 3.05) is 18.6 Å². The van der Waals surface area contributed by atoms with Crippen molar-refractivity contribution in [2.24, 2.45) is 11.5 Å². The first-order chi connectivity index (χ1) is 15.1. The third-order valence-corrected chi connectivity index (χ3v) is 4.96. The van der Waals surface area contributed by atoms with Crippen molar-refractivity contribution >= 4 is 41.4 Å². The molecule has 0 spiro atoms. The average Bonchev–Trinajstić information content (AvgIpc) is 3.25. The molecule has 32 heavy (non-hydrogen) atoms. The largest absolute Gasteiger partial charge is 0.480 e. The molecule has 3 unspecified atom stereocenters. The zero-order chi connectivity index (χ0) is 24.1. The molecule has 0 radical (unpaired) electrons. The number of aromatic nitrogens is 2. The fourth-order valence-corrected chi connectivity index (χ4v) is 3.03. The quantitative estimate of drug-likeness (QED) is 0.143. The molecule has 1 aromatic rings.